The number of hydrogen-bond donors (Lipinski definition) is 2. The molecule has 1 aromatic heterocycles. The van der Waals surface area contributed by atoms with Crippen molar-refractivity contribution in [3.63, 3.8) is 0 Å². The molecule has 0 bridgehead atoms. The molecule has 1 heterocycles. The number of aliphatic carboxylic acids is 1. The average molecular weight is 156 g/mol. The number of carbonyl (C=O) groups is 1. The molecule has 0 radical (unpaired) electrons. The van der Waals surface area contributed by atoms with E-state index in [1.54, 1.807) is 6.07 Å². The van der Waals surface area contributed by atoms with Crippen molar-refractivity contribution >= 4 is 5.97 Å². The molecule has 0 amide bonds. The average Bonchev–Trinajstić information content (AvgIpc) is 2.39. The topological polar surface area (TPSA) is 75.4 Å². The lowest BCUT2D eigenvalue weighted by Gasteiger charge is -1.94. The first-order valence-corrected chi connectivity index (χ1v) is 3.11. The van der Waals surface area contributed by atoms with E-state index in [0.29, 0.717) is 12.2 Å². The number of carboxylic acid groups (broad SMARTS) is 1. The Morgan fingerprint density at radius 1 is 1.82 bits per heavy atom. The van der Waals surface area contributed by atoms with E-state index in [1.807, 2.05) is 0 Å². The highest BCUT2D eigenvalue weighted by Gasteiger charge is 1.97. The van der Waals surface area contributed by atoms with Gasteiger partial charge in [-0.1, -0.05) is 5.16 Å². The number of aromatic nitrogens is 1. The molecule has 60 valence electrons. The highest BCUT2D eigenvalue weighted by molar-refractivity contribution is 5.68. The maximum atomic E-state index is 10.0. The van der Waals surface area contributed by atoms with Crippen molar-refractivity contribution in [3.8, 4) is 0 Å². The van der Waals surface area contributed by atoms with E-state index in [4.69, 9.17) is 5.11 Å². The van der Waals surface area contributed by atoms with Crippen LogP contribution in [0.2, 0.25) is 0 Å². The largest absolute Gasteiger partial charge is 0.480 e. The minimum atomic E-state index is -0.881. The van der Waals surface area contributed by atoms with Crippen LogP contribution in [-0.2, 0) is 11.3 Å². The lowest BCUT2D eigenvalue weighted by Crippen LogP contribution is -2.21. The Bertz CT molecular complexity index is 220. The minimum absolute atomic E-state index is 0.0626. The molecule has 11 heavy (non-hydrogen) atoms. The van der Waals surface area contributed by atoms with Crippen LogP contribution in [0.15, 0.2) is 16.9 Å². The zero-order valence-corrected chi connectivity index (χ0v) is 5.78. The maximum Gasteiger partial charge on any atom is 0.317 e. The lowest BCUT2D eigenvalue weighted by atomic mass is 10.4. The summed E-state index contributed by atoms with van der Waals surface area (Å²) in [6, 6.07) is 1.68. The van der Waals surface area contributed by atoms with Crippen LogP contribution in [0.1, 0.15) is 5.69 Å². The standard InChI is InChI=1S/C6H8N2O3/c9-6(10)4-7-3-5-1-2-11-8-5/h1-2,7H,3-4H2,(H,9,10). The Balaban J connectivity index is 2.19. The Morgan fingerprint density at radius 3 is 3.18 bits per heavy atom. The van der Waals surface area contributed by atoms with Crippen LogP contribution in [-0.4, -0.2) is 22.8 Å². The molecule has 0 spiro atoms. The normalized spacial score (nSPS) is 9.82. The van der Waals surface area contributed by atoms with Gasteiger partial charge in [-0.05, 0) is 0 Å². The number of rotatable bonds is 4. The smallest absolute Gasteiger partial charge is 0.317 e. The van der Waals surface area contributed by atoms with E-state index in [-0.39, 0.29) is 6.54 Å². The van der Waals surface area contributed by atoms with Gasteiger partial charge >= 0.3 is 5.97 Å². The van der Waals surface area contributed by atoms with Crippen molar-refractivity contribution in [1.82, 2.24) is 10.5 Å². The zero-order chi connectivity index (χ0) is 8.10. The fourth-order valence-electron chi connectivity index (χ4n) is 0.626. The zero-order valence-electron chi connectivity index (χ0n) is 5.78. The quantitative estimate of drug-likeness (QED) is 0.634. The third-order valence-corrected chi connectivity index (χ3v) is 1.07. The third-order valence-electron chi connectivity index (χ3n) is 1.07. The summed E-state index contributed by atoms with van der Waals surface area (Å²) in [5.41, 5.74) is 0.700. The maximum absolute atomic E-state index is 10.0. The summed E-state index contributed by atoms with van der Waals surface area (Å²) in [4.78, 5) is 10.0. The highest BCUT2D eigenvalue weighted by Crippen LogP contribution is 1.91. The van der Waals surface area contributed by atoms with Gasteiger partial charge in [-0.2, -0.15) is 0 Å². The second kappa shape index (κ2) is 3.72. The van der Waals surface area contributed by atoms with Crippen LogP contribution >= 0.6 is 0 Å². The van der Waals surface area contributed by atoms with Gasteiger partial charge in [-0.3, -0.25) is 4.79 Å². The Morgan fingerprint density at radius 2 is 2.64 bits per heavy atom. The van der Waals surface area contributed by atoms with Gasteiger partial charge in [0.2, 0.25) is 0 Å². The highest BCUT2D eigenvalue weighted by atomic mass is 16.5. The first-order valence-electron chi connectivity index (χ1n) is 3.11. The van der Waals surface area contributed by atoms with Gasteiger partial charge in [0.25, 0.3) is 0 Å². The first kappa shape index (κ1) is 7.74. The fraction of sp³-hybridized carbons (Fsp3) is 0.333. The van der Waals surface area contributed by atoms with Gasteiger partial charge in [0.05, 0.1) is 12.2 Å². The molecule has 0 aliphatic rings. The van der Waals surface area contributed by atoms with E-state index in [9.17, 15) is 4.79 Å². The van der Waals surface area contributed by atoms with E-state index in [0.717, 1.165) is 0 Å². The predicted octanol–water partition coefficient (Wildman–Crippen LogP) is -0.151. The second-order valence-electron chi connectivity index (χ2n) is 1.99. The van der Waals surface area contributed by atoms with Crippen molar-refractivity contribution in [2.24, 2.45) is 0 Å². The van der Waals surface area contributed by atoms with Gasteiger partial charge < -0.3 is 14.9 Å². The molecule has 0 fully saturated rings. The van der Waals surface area contributed by atoms with E-state index < -0.39 is 5.97 Å². The van der Waals surface area contributed by atoms with E-state index >= 15 is 0 Å². The van der Waals surface area contributed by atoms with Gasteiger partial charge in [-0.25, -0.2) is 0 Å². The Hall–Kier alpha value is -1.36. The third kappa shape index (κ3) is 2.81. The molecule has 0 atom stereocenters. The summed E-state index contributed by atoms with van der Waals surface area (Å²) in [6.45, 7) is 0.357. The van der Waals surface area contributed by atoms with Crippen molar-refractivity contribution in [2.75, 3.05) is 6.54 Å². The van der Waals surface area contributed by atoms with Crippen LogP contribution < -0.4 is 5.32 Å². The van der Waals surface area contributed by atoms with E-state index in [1.165, 1.54) is 6.26 Å². The second-order valence-corrected chi connectivity index (χ2v) is 1.99. The lowest BCUT2D eigenvalue weighted by molar-refractivity contribution is -0.136. The van der Waals surface area contributed by atoms with Gasteiger partial charge in [-0.15, -0.1) is 0 Å². The molecular formula is C6H8N2O3. The van der Waals surface area contributed by atoms with Crippen molar-refractivity contribution < 1.29 is 14.4 Å². The summed E-state index contributed by atoms with van der Waals surface area (Å²) >= 11 is 0. The SMILES string of the molecule is O=C(O)CNCc1ccon1. The summed E-state index contributed by atoms with van der Waals surface area (Å²) in [5.74, 6) is -0.881. The van der Waals surface area contributed by atoms with Crippen LogP contribution in [0.5, 0.6) is 0 Å². The van der Waals surface area contributed by atoms with E-state index in [2.05, 4.69) is 15.0 Å². The van der Waals surface area contributed by atoms with Crippen LogP contribution in [0.3, 0.4) is 0 Å². The number of hydrogen-bond acceptors (Lipinski definition) is 4. The molecule has 1 aromatic rings. The Labute approximate surface area is 63.0 Å². The molecule has 1 rings (SSSR count). The molecule has 0 saturated carbocycles. The molecule has 5 heteroatoms. The molecule has 2 N–H and O–H groups in total. The molecule has 0 aliphatic carbocycles. The van der Waals surface area contributed by atoms with Crippen LogP contribution in [0.25, 0.3) is 0 Å². The number of carboxylic acids is 1. The molecule has 0 saturated heterocycles. The molecule has 5 nitrogen and oxygen atoms in total. The molecule has 0 aliphatic heterocycles. The summed E-state index contributed by atoms with van der Waals surface area (Å²) in [6.07, 6.45) is 1.44. The summed E-state index contributed by atoms with van der Waals surface area (Å²) < 4.78 is 4.53. The first-order chi connectivity index (χ1) is 5.29. The van der Waals surface area contributed by atoms with Crippen LogP contribution in [0.4, 0.5) is 0 Å². The molecular weight excluding hydrogens is 148 g/mol. The summed E-state index contributed by atoms with van der Waals surface area (Å²) in [7, 11) is 0. The number of nitrogens with one attached hydrogen (secondary N) is 1. The predicted molar refractivity (Wildman–Crippen MR) is 35.8 cm³/mol. The summed E-state index contributed by atoms with van der Waals surface area (Å²) in [5, 5.41) is 14.5. The molecule has 0 aromatic carbocycles. The Kier molecular flexibility index (Phi) is 2.62. The van der Waals surface area contributed by atoms with Gasteiger partial charge in [0.1, 0.15) is 6.26 Å². The van der Waals surface area contributed by atoms with Crippen LogP contribution in [0, 0.1) is 0 Å². The molecule has 0 unspecified atom stereocenters. The minimum Gasteiger partial charge on any atom is -0.480 e. The van der Waals surface area contributed by atoms with Crippen molar-refractivity contribution in [3.05, 3.63) is 18.0 Å². The van der Waals surface area contributed by atoms with Gasteiger partial charge in [0, 0.05) is 12.6 Å². The fourth-order valence-corrected chi connectivity index (χ4v) is 0.626. The number of nitrogens with zero attached hydrogens (tertiary/aromatic N) is 1. The monoisotopic (exact) mass is 156 g/mol. The van der Waals surface area contributed by atoms with Gasteiger partial charge in [0.15, 0.2) is 0 Å². The van der Waals surface area contributed by atoms with Crippen molar-refractivity contribution in [2.45, 2.75) is 6.54 Å². The van der Waals surface area contributed by atoms with Crippen molar-refractivity contribution in [1.29, 1.82) is 0 Å².